The maximum absolute atomic E-state index is 14.2. The van der Waals surface area contributed by atoms with Crippen molar-refractivity contribution in [1.29, 1.82) is 0 Å². The molecule has 0 atom stereocenters. The smallest absolute Gasteiger partial charge is 0.275 e. The summed E-state index contributed by atoms with van der Waals surface area (Å²) < 4.78 is 25.6. The van der Waals surface area contributed by atoms with E-state index in [9.17, 15) is 9.18 Å². The molecule has 0 spiro atoms. The number of nitrogens with one attached hydrogen (secondary N) is 1. The Bertz CT molecular complexity index is 998. The van der Waals surface area contributed by atoms with Gasteiger partial charge < -0.3 is 14.8 Å². The maximum Gasteiger partial charge on any atom is 0.275 e. The van der Waals surface area contributed by atoms with Gasteiger partial charge in [0.15, 0.2) is 0 Å². The van der Waals surface area contributed by atoms with Crippen LogP contribution in [0.2, 0.25) is 0 Å². The first kappa shape index (κ1) is 19.5. The molecule has 8 heteroatoms. The van der Waals surface area contributed by atoms with Crippen molar-refractivity contribution < 1.29 is 18.7 Å². The number of hydrogen-bond donors (Lipinski definition) is 1. The Morgan fingerprint density at radius 1 is 1.31 bits per heavy atom. The number of ether oxygens (including phenoxy) is 2. The van der Waals surface area contributed by atoms with E-state index in [-0.39, 0.29) is 17.6 Å². The number of aryl methyl sites for hydroxylation is 1. The minimum atomic E-state index is -0.397. The fraction of sp³-hybridized carbons (Fsp3) is 0.286. The Kier molecular flexibility index (Phi) is 5.82. The second-order valence-electron chi connectivity index (χ2n) is 6.73. The highest BCUT2D eigenvalue weighted by molar-refractivity contribution is 7.13. The predicted molar refractivity (Wildman–Crippen MR) is 109 cm³/mol. The highest BCUT2D eigenvalue weighted by Gasteiger charge is 2.20. The third-order valence-electron chi connectivity index (χ3n) is 4.66. The van der Waals surface area contributed by atoms with Crippen molar-refractivity contribution in [3.05, 3.63) is 59.1 Å². The van der Waals surface area contributed by atoms with Gasteiger partial charge >= 0.3 is 0 Å². The Morgan fingerprint density at radius 3 is 2.93 bits per heavy atom. The minimum absolute atomic E-state index is 0.0386. The first-order valence-electron chi connectivity index (χ1n) is 9.32. The van der Waals surface area contributed by atoms with E-state index >= 15 is 0 Å². The summed E-state index contributed by atoms with van der Waals surface area (Å²) in [5.74, 6) is -0.197. The first-order chi connectivity index (χ1) is 14.1. The van der Waals surface area contributed by atoms with Gasteiger partial charge in [0.2, 0.25) is 0 Å². The molecule has 0 bridgehead atoms. The number of amides is 1. The van der Waals surface area contributed by atoms with Gasteiger partial charge in [-0.25, -0.2) is 9.37 Å². The molecule has 0 unspecified atom stereocenters. The quantitative estimate of drug-likeness (QED) is 0.668. The molecule has 0 radical (unpaired) electrons. The van der Waals surface area contributed by atoms with Gasteiger partial charge in [0.25, 0.3) is 5.91 Å². The Balaban J connectivity index is 1.51. The van der Waals surface area contributed by atoms with Crippen molar-refractivity contribution in [1.82, 2.24) is 9.97 Å². The topological polar surface area (TPSA) is 73.3 Å². The molecule has 1 fully saturated rings. The van der Waals surface area contributed by atoms with Gasteiger partial charge in [0.05, 0.1) is 19.4 Å². The number of carbonyl (C=O) groups excluding carboxylic acids is 1. The van der Waals surface area contributed by atoms with Gasteiger partial charge in [-0.1, -0.05) is 12.1 Å². The minimum Gasteiger partial charge on any atom is -0.488 e. The number of rotatable bonds is 5. The van der Waals surface area contributed by atoms with Crippen molar-refractivity contribution in [3.8, 4) is 16.3 Å². The molecule has 1 aromatic carbocycles. The Labute approximate surface area is 171 Å². The number of halogens is 1. The summed E-state index contributed by atoms with van der Waals surface area (Å²) in [5, 5.41) is 4.89. The van der Waals surface area contributed by atoms with Gasteiger partial charge in [-0.15, -0.1) is 11.3 Å². The lowest BCUT2D eigenvalue weighted by molar-refractivity contribution is 0.0258. The average molecular weight is 413 g/mol. The molecule has 6 nitrogen and oxygen atoms in total. The number of aromatic nitrogens is 2. The normalized spacial score (nSPS) is 14.6. The first-order valence-corrected chi connectivity index (χ1v) is 10.2. The average Bonchev–Trinajstić information content (AvgIpc) is 3.20. The molecule has 1 aliphatic heterocycles. The lowest BCUT2D eigenvalue weighted by Gasteiger charge is -2.24. The van der Waals surface area contributed by atoms with Gasteiger partial charge in [-0.2, -0.15) is 0 Å². The van der Waals surface area contributed by atoms with Crippen molar-refractivity contribution >= 4 is 22.9 Å². The number of nitrogens with zero attached hydrogens (tertiary/aromatic N) is 2. The van der Waals surface area contributed by atoms with E-state index in [4.69, 9.17) is 9.47 Å². The third-order valence-corrected chi connectivity index (χ3v) is 5.52. The summed E-state index contributed by atoms with van der Waals surface area (Å²) in [6.45, 7) is 3.14. The van der Waals surface area contributed by atoms with E-state index in [0.29, 0.717) is 35.2 Å². The second kappa shape index (κ2) is 8.67. The van der Waals surface area contributed by atoms with Crippen LogP contribution >= 0.6 is 11.3 Å². The van der Waals surface area contributed by atoms with Crippen LogP contribution in [0.4, 0.5) is 10.1 Å². The fourth-order valence-electron chi connectivity index (χ4n) is 3.13. The van der Waals surface area contributed by atoms with Crippen molar-refractivity contribution in [2.24, 2.45) is 0 Å². The Hall–Kier alpha value is -2.84. The highest BCUT2D eigenvalue weighted by atomic mass is 32.1. The molecule has 4 rings (SSSR count). The summed E-state index contributed by atoms with van der Waals surface area (Å²) in [6, 6.07) is 6.58. The summed E-state index contributed by atoms with van der Waals surface area (Å²) in [7, 11) is 0. The van der Waals surface area contributed by atoms with E-state index in [2.05, 4.69) is 15.3 Å². The molecule has 0 aliphatic carbocycles. The van der Waals surface area contributed by atoms with Crippen LogP contribution in [0.15, 0.2) is 42.0 Å². The van der Waals surface area contributed by atoms with Crippen LogP contribution in [0.3, 0.4) is 0 Å². The van der Waals surface area contributed by atoms with Crippen molar-refractivity contribution in [2.45, 2.75) is 25.9 Å². The van der Waals surface area contributed by atoms with Crippen molar-refractivity contribution in [2.75, 3.05) is 18.5 Å². The lowest BCUT2D eigenvalue weighted by Crippen LogP contribution is -2.26. The molecule has 1 amide bonds. The number of hydrogen-bond acceptors (Lipinski definition) is 6. The molecule has 0 saturated carbocycles. The monoisotopic (exact) mass is 413 g/mol. The van der Waals surface area contributed by atoms with Gasteiger partial charge in [0.1, 0.15) is 34.1 Å². The van der Waals surface area contributed by atoms with Gasteiger partial charge in [-0.05, 0) is 18.6 Å². The van der Waals surface area contributed by atoms with E-state index < -0.39 is 5.91 Å². The molecule has 150 valence electrons. The van der Waals surface area contributed by atoms with Gasteiger partial charge in [-0.3, -0.25) is 9.78 Å². The number of thiazole rings is 1. The number of carbonyl (C=O) groups is 1. The Morgan fingerprint density at radius 2 is 2.14 bits per heavy atom. The SMILES string of the molecule is Cc1cccc(F)c1-c1nc(C(=O)Nc2cnccc2OC2CCOCC2)cs1. The molecule has 2 aromatic heterocycles. The molecule has 3 heterocycles. The zero-order chi connectivity index (χ0) is 20.2. The van der Waals surface area contributed by atoms with E-state index in [1.165, 1.54) is 17.4 Å². The second-order valence-corrected chi connectivity index (χ2v) is 7.58. The zero-order valence-electron chi connectivity index (χ0n) is 15.9. The number of anilines is 1. The number of pyridine rings is 1. The van der Waals surface area contributed by atoms with Crippen LogP contribution in [0.1, 0.15) is 28.9 Å². The van der Waals surface area contributed by atoms with Crippen LogP contribution < -0.4 is 10.1 Å². The molecule has 29 heavy (non-hydrogen) atoms. The molecule has 3 aromatic rings. The van der Waals surface area contributed by atoms with Gasteiger partial charge in [0, 0.05) is 36.0 Å². The molecule has 1 aliphatic rings. The largest absolute Gasteiger partial charge is 0.488 e. The molecular weight excluding hydrogens is 393 g/mol. The summed E-state index contributed by atoms with van der Waals surface area (Å²) in [4.78, 5) is 21.1. The maximum atomic E-state index is 14.2. The van der Waals surface area contributed by atoms with Crippen molar-refractivity contribution in [3.63, 3.8) is 0 Å². The standard InChI is InChI=1S/C21H20FN3O3S/c1-13-3-2-4-15(22)19(13)21-25-17(12-29-21)20(26)24-16-11-23-8-5-18(16)28-14-6-9-27-10-7-14/h2-5,8,11-12,14H,6-7,9-10H2,1H3,(H,24,26). The van der Waals surface area contributed by atoms with Crippen LogP contribution in [-0.4, -0.2) is 35.2 Å². The molecular formula is C21H20FN3O3S. The van der Waals surface area contributed by atoms with Crippen LogP contribution in [-0.2, 0) is 4.74 Å². The summed E-state index contributed by atoms with van der Waals surface area (Å²) >= 11 is 1.23. The fourth-order valence-corrected chi connectivity index (χ4v) is 4.04. The number of benzene rings is 1. The summed E-state index contributed by atoms with van der Waals surface area (Å²) in [6.07, 6.45) is 4.80. The van der Waals surface area contributed by atoms with Crippen LogP contribution in [0, 0.1) is 12.7 Å². The van der Waals surface area contributed by atoms with E-state index in [1.807, 2.05) is 13.0 Å². The van der Waals surface area contributed by atoms with Crippen LogP contribution in [0.5, 0.6) is 5.75 Å². The van der Waals surface area contributed by atoms with Crippen LogP contribution in [0.25, 0.3) is 10.6 Å². The predicted octanol–water partition coefficient (Wildman–Crippen LogP) is 4.46. The highest BCUT2D eigenvalue weighted by Crippen LogP contribution is 2.30. The van der Waals surface area contributed by atoms with E-state index in [1.54, 1.807) is 29.9 Å². The third kappa shape index (κ3) is 4.44. The molecule has 1 N–H and O–H groups in total. The zero-order valence-corrected chi connectivity index (χ0v) is 16.7. The van der Waals surface area contributed by atoms with E-state index in [0.717, 1.165) is 18.4 Å². The lowest BCUT2D eigenvalue weighted by atomic mass is 10.1. The summed E-state index contributed by atoms with van der Waals surface area (Å²) in [5.41, 5.74) is 1.88. The molecule has 1 saturated heterocycles.